The summed E-state index contributed by atoms with van der Waals surface area (Å²) in [4.78, 5) is 49.3. The number of hydrogen-bond acceptors (Lipinski definition) is 5. The maximum absolute atomic E-state index is 12.7. The number of nitro benzene ring substituents is 1. The second-order valence-electron chi connectivity index (χ2n) is 7.09. The highest BCUT2D eigenvalue weighted by molar-refractivity contribution is 6.32. The number of allylic oxidation sites excluding steroid dienone is 2. The van der Waals surface area contributed by atoms with Gasteiger partial charge in [-0.1, -0.05) is 23.8 Å². The van der Waals surface area contributed by atoms with Crippen molar-refractivity contribution in [2.75, 3.05) is 10.2 Å². The van der Waals surface area contributed by atoms with Gasteiger partial charge in [-0.25, -0.2) is 0 Å². The molecule has 1 fully saturated rings. The highest BCUT2D eigenvalue weighted by atomic mass is 35.5. The lowest BCUT2D eigenvalue weighted by Crippen LogP contribution is -2.30. The molecule has 2 unspecified atom stereocenters. The van der Waals surface area contributed by atoms with E-state index in [1.54, 1.807) is 12.1 Å². The number of rotatable bonds is 4. The fourth-order valence-electron chi connectivity index (χ4n) is 3.75. The molecule has 2 atom stereocenters. The summed E-state index contributed by atoms with van der Waals surface area (Å²) in [6.45, 7) is 0. The van der Waals surface area contributed by atoms with Gasteiger partial charge >= 0.3 is 0 Å². The highest BCUT2D eigenvalue weighted by Gasteiger charge is 2.47. The van der Waals surface area contributed by atoms with E-state index in [9.17, 15) is 24.5 Å². The molecule has 1 aliphatic heterocycles. The van der Waals surface area contributed by atoms with Crippen molar-refractivity contribution >= 4 is 46.4 Å². The predicted octanol–water partition coefficient (Wildman–Crippen LogP) is 3.96. The molecule has 0 saturated carbocycles. The zero-order valence-corrected chi connectivity index (χ0v) is 16.3. The van der Waals surface area contributed by atoms with E-state index in [0.717, 1.165) is 0 Å². The van der Waals surface area contributed by atoms with Gasteiger partial charge in [-0.15, -0.1) is 0 Å². The lowest BCUT2D eigenvalue weighted by molar-refractivity contribution is -0.384. The van der Waals surface area contributed by atoms with Crippen molar-refractivity contribution in [2.24, 2.45) is 11.8 Å². The third kappa shape index (κ3) is 3.46. The summed E-state index contributed by atoms with van der Waals surface area (Å²) in [6.07, 6.45) is 4.95. The molecule has 2 aromatic rings. The van der Waals surface area contributed by atoms with E-state index in [1.165, 1.54) is 35.2 Å². The van der Waals surface area contributed by atoms with Crippen LogP contribution in [-0.4, -0.2) is 22.6 Å². The molecule has 0 aromatic heterocycles. The topological polar surface area (TPSA) is 110 Å². The standard InChI is InChI=1S/C21H16ClN3O5/c22-17-10-7-13(11-18(17)25(29)30)23-19(26)12-5-8-14(9-6-12)24-20(27)15-3-1-2-4-16(15)21(24)28/h1-2,5-11,15-16H,3-4H2,(H,23,26). The molecule has 2 aromatic carbocycles. The zero-order valence-electron chi connectivity index (χ0n) is 15.6. The van der Waals surface area contributed by atoms with Crippen LogP contribution in [0.3, 0.4) is 0 Å². The Bertz CT molecular complexity index is 1070. The van der Waals surface area contributed by atoms with Crippen LogP contribution in [0.4, 0.5) is 17.1 Å². The molecule has 30 heavy (non-hydrogen) atoms. The molecule has 9 heteroatoms. The molecule has 2 aliphatic rings. The third-order valence-electron chi connectivity index (χ3n) is 5.30. The third-order valence-corrected chi connectivity index (χ3v) is 5.62. The Morgan fingerprint density at radius 1 is 1.03 bits per heavy atom. The van der Waals surface area contributed by atoms with Crippen molar-refractivity contribution in [1.29, 1.82) is 0 Å². The molecule has 1 saturated heterocycles. The van der Waals surface area contributed by atoms with Crippen LogP contribution in [-0.2, 0) is 9.59 Å². The average Bonchev–Trinajstić information content (AvgIpc) is 3.00. The normalized spacial score (nSPS) is 20.2. The lowest BCUT2D eigenvalue weighted by Gasteiger charge is -2.15. The van der Waals surface area contributed by atoms with Gasteiger partial charge in [0, 0.05) is 17.3 Å². The Morgan fingerprint density at radius 3 is 2.20 bits per heavy atom. The minimum absolute atomic E-state index is 0.0296. The first-order chi connectivity index (χ1) is 14.4. The molecule has 1 aliphatic carbocycles. The predicted molar refractivity (Wildman–Crippen MR) is 110 cm³/mol. The summed E-state index contributed by atoms with van der Waals surface area (Å²) < 4.78 is 0. The molecule has 0 spiro atoms. The number of amides is 3. The SMILES string of the molecule is O=C(Nc1ccc(Cl)c([N+](=O)[O-])c1)c1ccc(N2C(=O)C3CC=CCC3C2=O)cc1. The van der Waals surface area contributed by atoms with Crippen LogP contribution in [0.25, 0.3) is 0 Å². The van der Waals surface area contributed by atoms with Crippen molar-refractivity contribution in [3.05, 3.63) is 75.3 Å². The summed E-state index contributed by atoms with van der Waals surface area (Å²) in [5, 5.41) is 13.5. The smallest absolute Gasteiger partial charge is 0.289 e. The number of benzene rings is 2. The number of anilines is 2. The van der Waals surface area contributed by atoms with E-state index in [-0.39, 0.29) is 45.6 Å². The van der Waals surface area contributed by atoms with Crippen molar-refractivity contribution in [1.82, 2.24) is 0 Å². The second kappa shape index (κ2) is 7.72. The Kier molecular flexibility index (Phi) is 5.09. The molecule has 1 heterocycles. The quantitative estimate of drug-likeness (QED) is 0.345. The maximum atomic E-state index is 12.7. The van der Waals surface area contributed by atoms with Crippen LogP contribution in [0.5, 0.6) is 0 Å². The minimum atomic E-state index is -0.635. The molecule has 8 nitrogen and oxygen atoms in total. The Balaban J connectivity index is 1.51. The van der Waals surface area contributed by atoms with Gasteiger partial charge in [0.25, 0.3) is 11.6 Å². The fourth-order valence-corrected chi connectivity index (χ4v) is 3.94. The summed E-state index contributed by atoms with van der Waals surface area (Å²) in [6, 6.07) is 10.0. The molecule has 1 N–H and O–H groups in total. The van der Waals surface area contributed by atoms with Gasteiger partial charge in [0.05, 0.1) is 22.4 Å². The van der Waals surface area contributed by atoms with E-state index < -0.39 is 10.8 Å². The summed E-state index contributed by atoms with van der Waals surface area (Å²) in [5.74, 6) is -1.59. The monoisotopic (exact) mass is 425 g/mol. The molecular weight excluding hydrogens is 410 g/mol. The number of nitro groups is 1. The van der Waals surface area contributed by atoms with Gasteiger partial charge in [-0.2, -0.15) is 0 Å². The fraction of sp³-hybridized carbons (Fsp3) is 0.190. The number of carbonyl (C=O) groups excluding carboxylic acids is 3. The molecule has 152 valence electrons. The molecule has 0 radical (unpaired) electrons. The van der Waals surface area contributed by atoms with Gasteiger partial charge in [0.1, 0.15) is 5.02 Å². The molecule has 0 bridgehead atoms. The number of fused-ring (bicyclic) bond motifs is 1. The first-order valence-corrected chi connectivity index (χ1v) is 9.63. The van der Waals surface area contributed by atoms with E-state index in [0.29, 0.717) is 18.5 Å². The van der Waals surface area contributed by atoms with Gasteiger partial charge in [-0.3, -0.25) is 29.4 Å². The van der Waals surface area contributed by atoms with E-state index >= 15 is 0 Å². The van der Waals surface area contributed by atoms with Crippen molar-refractivity contribution in [2.45, 2.75) is 12.8 Å². The van der Waals surface area contributed by atoms with Crippen LogP contribution in [0.1, 0.15) is 23.2 Å². The Hall–Kier alpha value is -3.52. The van der Waals surface area contributed by atoms with Gasteiger partial charge < -0.3 is 5.32 Å². The van der Waals surface area contributed by atoms with Crippen molar-refractivity contribution in [3.63, 3.8) is 0 Å². The maximum Gasteiger partial charge on any atom is 0.289 e. The molecule has 3 amide bonds. The lowest BCUT2D eigenvalue weighted by atomic mass is 9.85. The Labute approximate surface area is 176 Å². The van der Waals surface area contributed by atoms with Crippen LogP contribution < -0.4 is 10.2 Å². The summed E-state index contributed by atoms with van der Waals surface area (Å²) in [5.41, 5.74) is 0.598. The van der Waals surface area contributed by atoms with Crippen LogP contribution in [0.15, 0.2) is 54.6 Å². The first-order valence-electron chi connectivity index (χ1n) is 9.25. The van der Waals surface area contributed by atoms with E-state index in [2.05, 4.69) is 5.32 Å². The van der Waals surface area contributed by atoms with Gasteiger partial charge in [0.2, 0.25) is 11.8 Å². The van der Waals surface area contributed by atoms with Gasteiger partial charge in [-0.05, 0) is 49.2 Å². The molecule has 4 rings (SSSR count). The number of halogens is 1. The highest BCUT2D eigenvalue weighted by Crippen LogP contribution is 2.37. The number of nitrogens with zero attached hydrogens (tertiary/aromatic N) is 2. The van der Waals surface area contributed by atoms with E-state index in [4.69, 9.17) is 11.6 Å². The van der Waals surface area contributed by atoms with Crippen molar-refractivity contribution < 1.29 is 19.3 Å². The largest absolute Gasteiger partial charge is 0.322 e. The van der Waals surface area contributed by atoms with Crippen LogP contribution >= 0.6 is 11.6 Å². The number of nitrogens with one attached hydrogen (secondary N) is 1. The van der Waals surface area contributed by atoms with Gasteiger partial charge in [0.15, 0.2) is 0 Å². The number of hydrogen-bond donors (Lipinski definition) is 1. The van der Waals surface area contributed by atoms with Crippen LogP contribution in [0, 0.1) is 22.0 Å². The zero-order chi connectivity index (χ0) is 21.4. The van der Waals surface area contributed by atoms with Crippen molar-refractivity contribution in [3.8, 4) is 0 Å². The summed E-state index contributed by atoms with van der Waals surface area (Å²) in [7, 11) is 0. The summed E-state index contributed by atoms with van der Waals surface area (Å²) >= 11 is 5.78. The second-order valence-corrected chi connectivity index (χ2v) is 7.50. The Morgan fingerprint density at radius 2 is 1.63 bits per heavy atom. The number of carbonyl (C=O) groups is 3. The minimum Gasteiger partial charge on any atom is -0.322 e. The number of imide groups is 1. The molecular formula is C21H16ClN3O5. The van der Waals surface area contributed by atoms with E-state index in [1.807, 2.05) is 12.2 Å². The average molecular weight is 426 g/mol. The van der Waals surface area contributed by atoms with Crippen LogP contribution in [0.2, 0.25) is 5.02 Å². The first kappa shape index (κ1) is 19.8.